The second kappa shape index (κ2) is 8.92. The van der Waals surface area contributed by atoms with Gasteiger partial charge in [0, 0.05) is 6.54 Å². The summed E-state index contributed by atoms with van der Waals surface area (Å²) in [7, 11) is 0. The first kappa shape index (κ1) is 16.0. The maximum Gasteiger partial charge on any atom is 0.00327 e. The molecule has 0 saturated carbocycles. The van der Waals surface area contributed by atoms with E-state index in [1.807, 2.05) is 0 Å². The van der Waals surface area contributed by atoms with Crippen LogP contribution in [0.5, 0.6) is 0 Å². The van der Waals surface area contributed by atoms with Crippen molar-refractivity contribution < 1.29 is 0 Å². The summed E-state index contributed by atoms with van der Waals surface area (Å²) in [4.78, 5) is 2.68. The predicted molar refractivity (Wildman–Crippen MR) is 81.1 cm³/mol. The highest BCUT2D eigenvalue weighted by Gasteiger charge is 2.25. The third kappa shape index (κ3) is 7.38. The van der Waals surface area contributed by atoms with Gasteiger partial charge in [-0.05, 0) is 63.7 Å². The Morgan fingerprint density at radius 3 is 2.56 bits per heavy atom. The van der Waals surface area contributed by atoms with Crippen LogP contribution in [0.25, 0.3) is 0 Å². The van der Waals surface area contributed by atoms with Crippen molar-refractivity contribution in [2.45, 2.75) is 65.7 Å². The first-order valence-electron chi connectivity index (χ1n) is 8.07. The molecule has 1 saturated heterocycles. The van der Waals surface area contributed by atoms with E-state index in [-0.39, 0.29) is 0 Å². The summed E-state index contributed by atoms with van der Waals surface area (Å²) in [6, 6.07) is 0. The quantitative estimate of drug-likeness (QED) is 0.632. The van der Waals surface area contributed by atoms with Crippen molar-refractivity contribution in [3.63, 3.8) is 0 Å². The van der Waals surface area contributed by atoms with Crippen molar-refractivity contribution in [2.24, 2.45) is 5.41 Å². The van der Waals surface area contributed by atoms with Gasteiger partial charge in [-0.1, -0.05) is 33.6 Å². The van der Waals surface area contributed by atoms with Crippen molar-refractivity contribution in [3.8, 4) is 0 Å². The van der Waals surface area contributed by atoms with Gasteiger partial charge in [0.15, 0.2) is 0 Å². The van der Waals surface area contributed by atoms with Crippen LogP contribution in [0, 0.1) is 5.41 Å². The summed E-state index contributed by atoms with van der Waals surface area (Å²) in [6.45, 7) is 13.4. The smallest absolute Gasteiger partial charge is 0.00327 e. The van der Waals surface area contributed by atoms with Gasteiger partial charge in [0.1, 0.15) is 0 Å². The van der Waals surface area contributed by atoms with E-state index < -0.39 is 0 Å². The number of rotatable bonds is 9. The lowest BCUT2D eigenvalue weighted by atomic mass is 9.84. The van der Waals surface area contributed by atoms with Crippen LogP contribution in [0.15, 0.2) is 0 Å². The molecule has 1 rings (SSSR count). The van der Waals surface area contributed by atoms with E-state index in [9.17, 15) is 0 Å². The first-order valence-corrected chi connectivity index (χ1v) is 8.07. The molecular weight excluding hydrogens is 220 g/mol. The third-order valence-corrected chi connectivity index (χ3v) is 3.98. The molecule has 0 atom stereocenters. The predicted octanol–water partition coefficient (Wildman–Crippen LogP) is 3.67. The average Bonchev–Trinajstić information content (AvgIpc) is 2.31. The van der Waals surface area contributed by atoms with Gasteiger partial charge < -0.3 is 10.2 Å². The Morgan fingerprint density at radius 2 is 1.83 bits per heavy atom. The molecule has 0 spiro atoms. The van der Waals surface area contributed by atoms with E-state index in [0.717, 1.165) is 0 Å². The van der Waals surface area contributed by atoms with Gasteiger partial charge in [-0.3, -0.25) is 0 Å². The molecule has 1 fully saturated rings. The molecule has 0 amide bonds. The number of hydrogen-bond donors (Lipinski definition) is 1. The maximum atomic E-state index is 3.48. The maximum absolute atomic E-state index is 3.48. The zero-order valence-electron chi connectivity index (χ0n) is 12.9. The van der Waals surface area contributed by atoms with Crippen LogP contribution in [0.1, 0.15) is 65.7 Å². The molecule has 1 aliphatic rings. The van der Waals surface area contributed by atoms with Crippen LogP contribution in [-0.4, -0.2) is 37.6 Å². The van der Waals surface area contributed by atoms with Gasteiger partial charge in [-0.2, -0.15) is 0 Å². The molecule has 0 aromatic heterocycles. The second-order valence-electron chi connectivity index (χ2n) is 6.71. The molecule has 0 aromatic carbocycles. The van der Waals surface area contributed by atoms with E-state index in [0.29, 0.717) is 5.41 Å². The molecule has 18 heavy (non-hydrogen) atoms. The van der Waals surface area contributed by atoms with Gasteiger partial charge in [-0.25, -0.2) is 0 Å². The molecule has 1 aliphatic heterocycles. The highest BCUT2D eigenvalue weighted by atomic mass is 15.1. The summed E-state index contributed by atoms with van der Waals surface area (Å²) in [5.41, 5.74) is 0.558. The topological polar surface area (TPSA) is 15.3 Å². The fourth-order valence-electron chi connectivity index (χ4n) is 2.98. The standard InChI is InChI=1S/C16H34N2/c1-4-11-17-12-7-5-6-8-13-18-14-9-10-16(2,3)15-18/h17H,4-15H2,1-3H3. The van der Waals surface area contributed by atoms with E-state index in [1.165, 1.54) is 77.7 Å². The number of hydrogen-bond acceptors (Lipinski definition) is 2. The van der Waals surface area contributed by atoms with Gasteiger partial charge in [0.2, 0.25) is 0 Å². The van der Waals surface area contributed by atoms with Gasteiger partial charge in [0.25, 0.3) is 0 Å². The molecule has 108 valence electrons. The molecule has 0 aromatic rings. The van der Waals surface area contributed by atoms with E-state index in [4.69, 9.17) is 0 Å². The third-order valence-electron chi connectivity index (χ3n) is 3.98. The molecule has 0 aliphatic carbocycles. The zero-order chi connectivity index (χ0) is 13.3. The average molecular weight is 254 g/mol. The Morgan fingerprint density at radius 1 is 1.06 bits per heavy atom. The number of likely N-dealkylation sites (tertiary alicyclic amines) is 1. The summed E-state index contributed by atoms with van der Waals surface area (Å²) in [6.07, 6.45) is 9.61. The zero-order valence-corrected chi connectivity index (χ0v) is 12.9. The Bertz CT molecular complexity index is 201. The highest BCUT2D eigenvalue weighted by Crippen LogP contribution is 2.28. The summed E-state index contributed by atoms with van der Waals surface area (Å²) < 4.78 is 0. The lowest BCUT2D eigenvalue weighted by Gasteiger charge is -2.38. The highest BCUT2D eigenvalue weighted by molar-refractivity contribution is 4.79. The van der Waals surface area contributed by atoms with Crippen molar-refractivity contribution in [1.82, 2.24) is 10.2 Å². The van der Waals surface area contributed by atoms with Crippen LogP contribution in [0.3, 0.4) is 0 Å². The molecule has 1 N–H and O–H groups in total. The van der Waals surface area contributed by atoms with Crippen LogP contribution in [0.2, 0.25) is 0 Å². The van der Waals surface area contributed by atoms with Crippen molar-refractivity contribution in [1.29, 1.82) is 0 Å². The molecule has 2 nitrogen and oxygen atoms in total. The number of nitrogens with zero attached hydrogens (tertiary/aromatic N) is 1. The van der Waals surface area contributed by atoms with Crippen LogP contribution in [0.4, 0.5) is 0 Å². The van der Waals surface area contributed by atoms with E-state index in [2.05, 4.69) is 31.0 Å². The number of unbranched alkanes of at least 4 members (excludes halogenated alkanes) is 3. The second-order valence-corrected chi connectivity index (χ2v) is 6.71. The lowest BCUT2D eigenvalue weighted by molar-refractivity contribution is 0.116. The Labute approximate surface area is 115 Å². The number of piperidine rings is 1. The molecule has 0 radical (unpaired) electrons. The normalized spacial score (nSPS) is 20.2. The van der Waals surface area contributed by atoms with E-state index >= 15 is 0 Å². The fraction of sp³-hybridized carbons (Fsp3) is 1.00. The molecule has 1 heterocycles. The minimum atomic E-state index is 0.558. The van der Waals surface area contributed by atoms with Crippen LogP contribution < -0.4 is 5.32 Å². The van der Waals surface area contributed by atoms with Gasteiger partial charge >= 0.3 is 0 Å². The summed E-state index contributed by atoms with van der Waals surface area (Å²) in [5.74, 6) is 0. The Hall–Kier alpha value is -0.0800. The summed E-state index contributed by atoms with van der Waals surface area (Å²) in [5, 5.41) is 3.48. The minimum Gasteiger partial charge on any atom is -0.317 e. The van der Waals surface area contributed by atoms with Gasteiger partial charge in [-0.15, -0.1) is 0 Å². The monoisotopic (exact) mass is 254 g/mol. The summed E-state index contributed by atoms with van der Waals surface area (Å²) >= 11 is 0. The molecule has 2 heteroatoms. The van der Waals surface area contributed by atoms with Crippen LogP contribution >= 0.6 is 0 Å². The Balaban J connectivity index is 1.91. The van der Waals surface area contributed by atoms with Gasteiger partial charge in [0.05, 0.1) is 0 Å². The van der Waals surface area contributed by atoms with E-state index in [1.54, 1.807) is 0 Å². The Kier molecular flexibility index (Phi) is 7.92. The SMILES string of the molecule is CCCNCCCCCCN1CCCC(C)(C)C1. The molecular formula is C16H34N2. The largest absolute Gasteiger partial charge is 0.317 e. The lowest BCUT2D eigenvalue weighted by Crippen LogP contribution is -2.40. The van der Waals surface area contributed by atoms with Crippen LogP contribution in [-0.2, 0) is 0 Å². The first-order chi connectivity index (χ1) is 8.64. The molecule has 0 unspecified atom stereocenters. The van der Waals surface area contributed by atoms with Crippen molar-refractivity contribution >= 4 is 0 Å². The van der Waals surface area contributed by atoms with Crippen molar-refractivity contribution in [3.05, 3.63) is 0 Å². The fourth-order valence-corrected chi connectivity index (χ4v) is 2.98. The minimum absolute atomic E-state index is 0.558. The van der Waals surface area contributed by atoms with Crippen molar-refractivity contribution in [2.75, 3.05) is 32.7 Å². The number of nitrogens with one attached hydrogen (secondary N) is 1. The molecule has 0 bridgehead atoms.